The molecule has 1 unspecified atom stereocenters. The number of hydrogen-bond donors (Lipinski definition) is 1. The van der Waals surface area contributed by atoms with E-state index in [4.69, 9.17) is 4.74 Å². The van der Waals surface area contributed by atoms with E-state index in [-0.39, 0.29) is 31.8 Å². The molecule has 150 valence electrons. The van der Waals surface area contributed by atoms with Gasteiger partial charge in [-0.1, -0.05) is 12.1 Å². The number of hydrogen-bond acceptors (Lipinski definition) is 4. The van der Waals surface area contributed by atoms with Crippen molar-refractivity contribution in [3.05, 3.63) is 59.9 Å². The second kappa shape index (κ2) is 8.45. The maximum absolute atomic E-state index is 14.5. The molecule has 3 rings (SSSR count). The lowest BCUT2D eigenvalue weighted by atomic mass is 9.93. The van der Waals surface area contributed by atoms with E-state index in [9.17, 15) is 22.4 Å². The summed E-state index contributed by atoms with van der Waals surface area (Å²) in [4.78, 5) is 16.6. The van der Waals surface area contributed by atoms with Crippen molar-refractivity contribution in [2.45, 2.75) is 19.0 Å². The van der Waals surface area contributed by atoms with Crippen molar-refractivity contribution in [1.82, 2.24) is 9.88 Å². The minimum Gasteiger partial charge on any atom is -0.445 e. The molecule has 0 aliphatic carbocycles. The normalized spacial score (nSPS) is 18.6. The summed E-state index contributed by atoms with van der Waals surface area (Å²) in [6.07, 6.45) is 1.55. The number of carbonyl (C=O) groups is 1. The Labute approximate surface area is 159 Å². The van der Waals surface area contributed by atoms with Gasteiger partial charge in [0, 0.05) is 25.2 Å². The molecule has 1 saturated heterocycles. The Balaban J connectivity index is 1.51. The van der Waals surface area contributed by atoms with Crippen molar-refractivity contribution in [3.8, 4) is 0 Å². The van der Waals surface area contributed by atoms with Gasteiger partial charge in [0.15, 0.2) is 5.82 Å². The summed E-state index contributed by atoms with van der Waals surface area (Å²) in [5, 5.41) is 2.67. The molecule has 0 bridgehead atoms. The molecular formula is C19H19F4N3O2. The van der Waals surface area contributed by atoms with Crippen molar-refractivity contribution in [1.29, 1.82) is 0 Å². The monoisotopic (exact) mass is 397 g/mol. The number of halogens is 4. The summed E-state index contributed by atoms with van der Waals surface area (Å²) in [5.74, 6) is -5.24. The molecule has 5 nitrogen and oxygen atoms in total. The summed E-state index contributed by atoms with van der Waals surface area (Å²) >= 11 is 0. The van der Waals surface area contributed by atoms with Gasteiger partial charge in [0.05, 0.1) is 18.4 Å². The highest BCUT2D eigenvalue weighted by atomic mass is 19.3. The first-order chi connectivity index (χ1) is 13.3. The highest BCUT2D eigenvalue weighted by Gasteiger charge is 2.46. The average molecular weight is 397 g/mol. The van der Waals surface area contributed by atoms with Gasteiger partial charge in [-0.05, 0) is 30.2 Å². The number of nitrogens with zero attached hydrogens (tertiary/aromatic N) is 2. The number of piperidine rings is 1. The van der Waals surface area contributed by atoms with Crippen LogP contribution >= 0.6 is 0 Å². The number of aromatic nitrogens is 1. The minimum absolute atomic E-state index is 0.0400. The van der Waals surface area contributed by atoms with Gasteiger partial charge in [-0.2, -0.15) is 0 Å². The number of nitrogens with one attached hydrogen (secondary N) is 1. The zero-order valence-corrected chi connectivity index (χ0v) is 14.9. The molecule has 1 N–H and O–H groups in total. The second-order valence-corrected chi connectivity index (χ2v) is 6.59. The number of ether oxygens (including phenoxy) is 1. The van der Waals surface area contributed by atoms with E-state index in [1.807, 2.05) is 0 Å². The molecular weight excluding hydrogens is 378 g/mol. The lowest BCUT2D eigenvalue weighted by molar-refractivity contribution is -0.101. The summed E-state index contributed by atoms with van der Waals surface area (Å²) in [6, 6.07) is 6.72. The molecule has 1 aromatic carbocycles. The lowest BCUT2D eigenvalue weighted by Crippen LogP contribution is -2.52. The molecule has 28 heavy (non-hydrogen) atoms. The third-order valence-corrected chi connectivity index (χ3v) is 4.59. The predicted octanol–water partition coefficient (Wildman–Crippen LogP) is 4.07. The Morgan fingerprint density at radius 3 is 2.68 bits per heavy atom. The van der Waals surface area contributed by atoms with Crippen LogP contribution in [0.3, 0.4) is 0 Å². The van der Waals surface area contributed by atoms with Gasteiger partial charge in [-0.15, -0.1) is 0 Å². The Bertz CT molecular complexity index is 817. The number of pyridine rings is 1. The lowest BCUT2D eigenvalue weighted by Gasteiger charge is -2.37. The van der Waals surface area contributed by atoms with Crippen molar-refractivity contribution < 1.29 is 27.1 Å². The molecule has 1 aliphatic heterocycles. The van der Waals surface area contributed by atoms with Gasteiger partial charge in [0.1, 0.15) is 12.4 Å². The van der Waals surface area contributed by atoms with Crippen molar-refractivity contribution in [2.24, 2.45) is 5.92 Å². The summed E-state index contributed by atoms with van der Waals surface area (Å²) in [7, 11) is 0. The average Bonchev–Trinajstić information content (AvgIpc) is 2.67. The van der Waals surface area contributed by atoms with Crippen molar-refractivity contribution in [3.63, 3.8) is 0 Å². The minimum atomic E-state index is -3.15. The Morgan fingerprint density at radius 1 is 1.25 bits per heavy atom. The molecule has 9 heteroatoms. The number of alkyl halides is 2. The Morgan fingerprint density at radius 2 is 2.00 bits per heavy atom. The molecule has 0 spiro atoms. The standard InChI is InChI=1S/C19H19F4N3O2/c20-15-3-1-13(2-4-15)11-28-18(27)26-8-6-14(19(22,23)12-26)9-25-17-5-7-24-10-16(17)21/h1-5,7,10,14H,6,8-9,11-12H2,(H,24,25). The van der Waals surface area contributed by atoms with Gasteiger partial charge >= 0.3 is 6.09 Å². The molecule has 1 amide bonds. The number of carbonyl (C=O) groups excluding carboxylic acids is 1. The van der Waals surface area contributed by atoms with Crippen LogP contribution in [0.4, 0.5) is 28.0 Å². The summed E-state index contributed by atoms with van der Waals surface area (Å²) < 4.78 is 60.4. The largest absolute Gasteiger partial charge is 0.445 e. The first kappa shape index (κ1) is 19.9. The highest BCUT2D eigenvalue weighted by molar-refractivity contribution is 5.68. The zero-order valence-electron chi connectivity index (χ0n) is 14.9. The van der Waals surface area contributed by atoms with E-state index < -0.39 is 36.1 Å². The fourth-order valence-electron chi connectivity index (χ4n) is 2.96. The predicted molar refractivity (Wildman–Crippen MR) is 93.9 cm³/mol. The van der Waals surface area contributed by atoms with Crippen LogP contribution in [0.5, 0.6) is 0 Å². The Hall–Kier alpha value is -2.84. The fourth-order valence-corrected chi connectivity index (χ4v) is 2.96. The quantitative estimate of drug-likeness (QED) is 0.773. The van der Waals surface area contributed by atoms with Gasteiger partial charge in [-0.3, -0.25) is 4.98 Å². The molecule has 0 radical (unpaired) electrons. The molecule has 1 aromatic heterocycles. The van der Waals surface area contributed by atoms with Crippen LogP contribution in [-0.2, 0) is 11.3 Å². The number of rotatable bonds is 5. The number of benzene rings is 1. The molecule has 1 fully saturated rings. The van der Waals surface area contributed by atoms with E-state index in [1.165, 1.54) is 36.5 Å². The fraction of sp³-hybridized carbons (Fsp3) is 0.368. The van der Waals surface area contributed by atoms with Crippen LogP contribution in [-0.4, -0.2) is 41.5 Å². The Kier molecular flexibility index (Phi) is 6.01. The van der Waals surface area contributed by atoms with Crippen LogP contribution < -0.4 is 5.32 Å². The van der Waals surface area contributed by atoms with Crippen LogP contribution in [0.15, 0.2) is 42.7 Å². The third kappa shape index (κ3) is 4.90. The van der Waals surface area contributed by atoms with Crippen molar-refractivity contribution in [2.75, 3.05) is 25.0 Å². The number of amides is 1. The van der Waals surface area contributed by atoms with Crippen LogP contribution in [0, 0.1) is 17.6 Å². The molecule has 2 aromatic rings. The maximum Gasteiger partial charge on any atom is 0.410 e. The first-order valence-electron chi connectivity index (χ1n) is 8.72. The van der Waals surface area contributed by atoms with E-state index in [0.717, 1.165) is 11.1 Å². The summed E-state index contributed by atoms with van der Waals surface area (Å²) in [5.41, 5.74) is 0.659. The van der Waals surface area contributed by atoms with Crippen LogP contribution in [0.2, 0.25) is 0 Å². The third-order valence-electron chi connectivity index (χ3n) is 4.59. The van der Waals surface area contributed by atoms with Gasteiger partial charge < -0.3 is 15.0 Å². The smallest absolute Gasteiger partial charge is 0.410 e. The topological polar surface area (TPSA) is 54.5 Å². The van der Waals surface area contributed by atoms with E-state index in [0.29, 0.717) is 5.56 Å². The summed E-state index contributed by atoms with van der Waals surface area (Å²) in [6.45, 7) is -0.941. The molecule has 0 saturated carbocycles. The highest BCUT2D eigenvalue weighted by Crippen LogP contribution is 2.33. The van der Waals surface area contributed by atoms with Gasteiger partial charge in [0.25, 0.3) is 5.92 Å². The molecule has 2 heterocycles. The van der Waals surface area contributed by atoms with Crippen LogP contribution in [0.25, 0.3) is 0 Å². The SMILES string of the molecule is O=C(OCc1ccc(F)cc1)N1CCC(CNc2ccncc2F)C(F)(F)C1. The molecule has 1 aliphatic rings. The second-order valence-electron chi connectivity index (χ2n) is 6.59. The number of likely N-dealkylation sites (tertiary alicyclic amines) is 1. The van der Waals surface area contributed by atoms with E-state index >= 15 is 0 Å². The van der Waals surface area contributed by atoms with E-state index in [1.54, 1.807) is 0 Å². The van der Waals surface area contributed by atoms with Crippen molar-refractivity contribution >= 4 is 11.8 Å². The van der Waals surface area contributed by atoms with E-state index in [2.05, 4.69) is 10.3 Å². The van der Waals surface area contributed by atoms with Crippen LogP contribution in [0.1, 0.15) is 12.0 Å². The zero-order chi connectivity index (χ0) is 20.1. The molecule has 1 atom stereocenters. The maximum atomic E-state index is 14.5. The number of anilines is 1. The first-order valence-corrected chi connectivity index (χ1v) is 8.72. The van der Waals surface area contributed by atoms with Gasteiger partial charge in [-0.25, -0.2) is 22.4 Å². The van der Waals surface area contributed by atoms with Gasteiger partial charge in [0.2, 0.25) is 0 Å².